The fraction of sp³-hybridized carbons (Fsp3) is 0.316. The van der Waals surface area contributed by atoms with E-state index in [9.17, 15) is 9.59 Å². The van der Waals surface area contributed by atoms with Crippen LogP contribution in [0.1, 0.15) is 28.9 Å². The first kappa shape index (κ1) is 19.9. The average Bonchev–Trinajstić information content (AvgIpc) is 2.67. The number of nitrogens with one attached hydrogen (secondary N) is 1. The predicted molar refractivity (Wildman–Crippen MR) is 101 cm³/mol. The van der Waals surface area contributed by atoms with Crippen LogP contribution in [0.4, 0.5) is 0 Å². The van der Waals surface area contributed by atoms with Crippen LogP contribution in [0.25, 0.3) is 0 Å². The van der Waals surface area contributed by atoms with Gasteiger partial charge < -0.3 is 15.0 Å². The van der Waals surface area contributed by atoms with Crippen molar-refractivity contribution in [3.05, 3.63) is 59.9 Å². The van der Waals surface area contributed by atoms with Crippen LogP contribution in [-0.2, 0) is 4.79 Å². The quantitative estimate of drug-likeness (QED) is 0.811. The lowest BCUT2D eigenvalue weighted by Gasteiger charge is -2.36. The second kappa shape index (κ2) is 9.31. The molecule has 1 saturated heterocycles. The van der Waals surface area contributed by atoms with Gasteiger partial charge in [-0.25, -0.2) is 0 Å². The number of nitrogens with zero attached hydrogens (tertiary/aromatic N) is 2. The fourth-order valence-corrected chi connectivity index (χ4v) is 2.91. The normalized spacial score (nSPS) is 16.5. The number of carbonyl (C=O) groups excluding carboxylic acids is 2. The molecule has 0 bridgehead atoms. The highest BCUT2D eigenvalue weighted by molar-refractivity contribution is 5.94. The van der Waals surface area contributed by atoms with Crippen molar-refractivity contribution in [2.45, 2.75) is 13.0 Å². The maximum absolute atomic E-state index is 12.7. The van der Waals surface area contributed by atoms with Gasteiger partial charge in [-0.15, -0.1) is 12.4 Å². The van der Waals surface area contributed by atoms with E-state index in [1.54, 1.807) is 36.7 Å². The monoisotopic (exact) mass is 375 g/mol. The summed E-state index contributed by atoms with van der Waals surface area (Å²) < 4.78 is 5.62. The van der Waals surface area contributed by atoms with E-state index in [4.69, 9.17) is 4.74 Å². The number of hydrogen-bond acceptors (Lipinski definition) is 5. The summed E-state index contributed by atoms with van der Waals surface area (Å²) in [4.78, 5) is 30.1. The number of aromatic nitrogens is 1. The van der Waals surface area contributed by atoms with Gasteiger partial charge >= 0.3 is 0 Å². The Balaban J connectivity index is 0.00000243. The lowest BCUT2D eigenvalue weighted by Crippen LogP contribution is -2.50. The molecule has 1 aliphatic rings. The number of carbonyl (C=O) groups is 2. The van der Waals surface area contributed by atoms with Gasteiger partial charge in [0.2, 0.25) is 0 Å². The van der Waals surface area contributed by atoms with Gasteiger partial charge in [-0.3, -0.25) is 14.6 Å². The van der Waals surface area contributed by atoms with Crippen LogP contribution in [0, 0.1) is 0 Å². The van der Waals surface area contributed by atoms with Crippen LogP contribution in [0.15, 0.2) is 48.8 Å². The lowest BCUT2D eigenvalue weighted by molar-refractivity contribution is -0.136. The summed E-state index contributed by atoms with van der Waals surface area (Å²) in [5.74, 6) is 0.410. The maximum Gasteiger partial charge on any atom is 0.261 e. The first-order valence-electron chi connectivity index (χ1n) is 8.29. The smallest absolute Gasteiger partial charge is 0.261 e. The van der Waals surface area contributed by atoms with E-state index in [1.165, 1.54) is 6.92 Å². The molecular formula is C19H22ClN3O3. The van der Waals surface area contributed by atoms with Crippen molar-refractivity contribution in [3.63, 3.8) is 0 Å². The average molecular weight is 376 g/mol. The maximum atomic E-state index is 12.7. The van der Waals surface area contributed by atoms with Crippen LogP contribution in [-0.4, -0.2) is 47.8 Å². The number of pyridine rings is 1. The minimum absolute atomic E-state index is 0. The molecule has 0 radical (unpaired) electrons. The van der Waals surface area contributed by atoms with Crippen molar-refractivity contribution in [1.82, 2.24) is 15.2 Å². The van der Waals surface area contributed by atoms with E-state index in [2.05, 4.69) is 10.3 Å². The van der Waals surface area contributed by atoms with E-state index in [-0.39, 0.29) is 36.7 Å². The molecule has 1 N–H and O–H groups in total. The first-order valence-corrected chi connectivity index (χ1v) is 8.29. The molecule has 1 amide bonds. The Morgan fingerprint density at radius 1 is 1.31 bits per heavy atom. The molecule has 0 saturated carbocycles. The van der Waals surface area contributed by atoms with Crippen molar-refractivity contribution < 1.29 is 14.3 Å². The summed E-state index contributed by atoms with van der Waals surface area (Å²) >= 11 is 0. The summed E-state index contributed by atoms with van der Waals surface area (Å²) in [7, 11) is 0. The lowest BCUT2D eigenvalue weighted by atomic mass is 10.1. The molecule has 1 atom stereocenters. The van der Waals surface area contributed by atoms with Gasteiger partial charge in [0.05, 0.1) is 6.04 Å². The molecule has 7 heteroatoms. The summed E-state index contributed by atoms with van der Waals surface area (Å²) in [6.45, 7) is 3.51. The topological polar surface area (TPSA) is 71.5 Å². The van der Waals surface area contributed by atoms with E-state index in [0.717, 1.165) is 12.1 Å². The van der Waals surface area contributed by atoms with Gasteiger partial charge in [-0.05, 0) is 30.7 Å². The number of Topliss-reactive ketones (excluding diaryl/α,β-unsaturated/α-hetero) is 1. The van der Waals surface area contributed by atoms with Crippen LogP contribution in [0.3, 0.4) is 0 Å². The molecule has 1 aromatic carbocycles. The molecule has 3 rings (SSSR count). The van der Waals surface area contributed by atoms with Crippen molar-refractivity contribution in [2.24, 2.45) is 0 Å². The Morgan fingerprint density at radius 3 is 2.88 bits per heavy atom. The van der Waals surface area contributed by atoms with Gasteiger partial charge in [0, 0.05) is 37.6 Å². The van der Waals surface area contributed by atoms with Gasteiger partial charge in [0.25, 0.3) is 5.91 Å². The number of ketones is 1. The number of piperazine rings is 1. The highest BCUT2D eigenvalue weighted by Crippen LogP contribution is 2.22. The van der Waals surface area contributed by atoms with E-state index >= 15 is 0 Å². The molecule has 2 heterocycles. The number of halogens is 1. The molecule has 1 unspecified atom stereocenters. The van der Waals surface area contributed by atoms with Gasteiger partial charge in [0.15, 0.2) is 12.4 Å². The van der Waals surface area contributed by atoms with Crippen LogP contribution < -0.4 is 10.1 Å². The van der Waals surface area contributed by atoms with Crippen molar-refractivity contribution in [1.29, 1.82) is 0 Å². The Morgan fingerprint density at radius 2 is 2.15 bits per heavy atom. The molecule has 0 spiro atoms. The third-order valence-electron chi connectivity index (χ3n) is 4.24. The Bertz CT molecular complexity index is 755. The van der Waals surface area contributed by atoms with Crippen molar-refractivity contribution >= 4 is 24.1 Å². The van der Waals surface area contributed by atoms with Crippen molar-refractivity contribution in [2.75, 3.05) is 26.2 Å². The highest BCUT2D eigenvalue weighted by Gasteiger charge is 2.28. The van der Waals surface area contributed by atoms with Gasteiger partial charge in [-0.2, -0.15) is 0 Å². The second-order valence-electron chi connectivity index (χ2n) is 5.97. The van der Waals surface area contributed by atoms with Crippen LogP contribution in [0.5, 0.6) is 5.75 Å². The summed E-state index contributed by atoms with van der Waals surface area (Å²) in [6.07, 6.45) is 3.51. The fourth-order valence-electron chi connectivity index (χ4n) is 2.91. The second-order valence-corrected chi connectivity index (χ2v) is 5.97. The summed E-state index contributed by atoms with van der Waals surface area (Å²) in [6, 6.07) is 10.7. The minimum Gasteiger partial charge on any atom is -0.484 e. The third kappa shape index (κ3) is 4.80. The van der Waals surface area contributed by atoms with Crippen LogP contribution in [0.2, 0.25) is 0 Å². The number of benzene rings is 1. The standard InChI is InChI=1S/C19H21N3O3.ClH/c1-14(23)15-4-2-6-17(10-15)25-13-19(24)22-9-8-21-12-18(22)16-5-3-7-20-11-16;/h2-7,10-11,18,21H,8-9,12-13H2,1H3;1H. The Kier molecular flexibility index (Phi) is 7.12. The van der Waals surface area contributed by atoms with Crippen LogP contribution >= 0.6 is 12.4 Å². The summed E-state index contributed by atoms with van der Waals surface area (Å²) in [5, 5.41) is 3.31. The molecule has 2 aromatic rings. The molecule has 6 nitrogen and oxygen atoms in total. The molecule has 1 aliphatic heterocycles. The highest BCUT2D eigenvalue weighted by atomic mass is 35.5. The van der Waals surface area contributed by atoms with E-state index < -0.39 is 0 Å². The van der Waals surface area contributed by atoms with E-state index in [1.807, 2.05) is 17.0 Å². The minimum atomic E-state index is -0.0800. The zero-order valence-corrected chi connectivity index (χ0v) is 15.4. The zero-order chi connectivity index (χ0) is 17.6. The van der Waals surface area contributed by atoms with Gasteiger partial charge in [-0.1, -0.05) is 18.2 Å². The molecule has 1 fully saturated rings. The van der Waals surface area contributed by atoms with E-state index in [0.29, 0.717) is 24.4 Å². The number of hydrogen-bond donors (Lipinski definition) is 1. The van der Waals surface area contributed by atoms with Crippen molar-refractivity contribution in [3.8, 4) is 5.75 Å². The predicted octanol–water partition coefficient (Wildman–Crippen LogP) is 2.26. The third-order valence-corrected chi connectivity index (χ3v) is 4.24. The summed E-state index contributed by atoms with van der Waals surface area (Å²) in [5.41, 5.74) is 1.57. The molecule has 138 valence electrons. The Labute approximate surface area is 159 Å². The SMILES string of the molecule is CC(=O)c1cccc(OCC(=O)N2CCNCC2c2cccnc2)c1.Cl. The van der Waals surface area contributed by atoms with Gasteiger partial charge in [0.1, 0.15) is 5.75 Å². The number of rotatable bonds is 5. The molecule has 1 aromatic heterocycles. The molecule has 0 aliphatic carbocycles. The Hall–Kier alpha value is -2.44. The molecule has 26 heavy (non-hydrogen) atoms. The first-order chi connectivity index (χ1) is 12.1. The zero-order valence-electron chi connectivity index (χ0n) is 14.6. The largest absolute Gasteiger partial charge is 0.484 e. The number of ether oxygens (including phenoxy) is 1. The molecular weight excluding hydrogens is 354 g/mol. The number of amides is 1.